The summed E-state index contributed by atoms with van der Waals surface area (Å²) in [7, 11) is 1.55. The van der Waals surface area contributed by atoms with Gasteiger partial charge >= 0.3 is 0 Å². The number of hydrogen-bond donors (Lipinski definition) is 1. The molecule has 0 spiro atoms. The molecule has 0 radical (unpaired) electrons. The third-order valence-electron chi connectivity index (χ3n) is 5.05. The van der Waals surface area contributed by atoms with Gasteiger partial charge in [0, 0.05) is 44.2 Å². The molecular weight excluding hydrogens is 309 g/mol. The highest BCUT2D eigenvalue weighted by atomic mass is 19.1. The van der Waals surface area contributed by atoms with Crippen molar-refractivity contribution in [2.45, 2.75) is 25.8 Å². The second kappa shape index (κ2) is 7.38. The summed E-state index contributed by atoms with van der Waals surface area (Å²) in [4.78, 5) is 16.9. The minimum atomic E-state index is -0.301. The van der Waals surface area contributed by atoms with E-state index in [-0.39, 0.29) is 17.6 Å². The van der Waals surface area contributed by atoms with Gasteiger partial charge in [0.05, 0.1) is 12.8 Å². The summed E-state index contributed by atoms with van der Waals surface area (Å²) in [5, 5.41) is 3.39. The van der Waals surface area contributed by atoms with E-state index in [9.17, 15) is 9.18 Å². The van der Waals surface area contributed by atoms with Crippen LogP contribution in [-0.4, -0.2) is 56.7 Å². The zero-order valence-corrected chi connectivity index (χ0v) is 14.4. The highest BCUT2D eigenvalue weighted by molar-refractivity contribution is 5.79. The van der Waals surface area contributed by atoms with Crippen molar-refractivity contribution in [3.05, 3.63) is 24.0 Å². The summed E-state index contributed by atoms with van der Waals surface area (Å²) >= 11 is 0. The highest BCUT2D eigenvalue weighted by Crippen LogP contribution is 2.30. The van der Waals surface area contributed by atoms with Crippen molar-refractivity contribution in [2.24, 2.45) is 5.92 Å². The van der Waals surface area contributed by atoms with Crippen LogP contribution in [0.25, 0.3) is 0 Å². The normalized spacial score (nSPS) is 24.8. The van der Waals surface area contributed by atoms with E-state index in [1.807, 2.05) is 4.90 Å². The molecule has 132 valence electrons. The largest absolute Gasteiger partial charge is 0.494 e. The first-order valence-electron chi connectivity index (χ1n) is 8.69. The molecule has 1 amide bonds. The summed E-state index contributed by atoms with van der Waals surface area (Å²) in [6, 6.07) is 5.02. The fourth-order valence-electron chi connectivity index (χ4n) is 3.69. The first-order valence-corrected chi connectivity index (χ1v) is 8.69. The third-order valence-corrected chi connectivity index (χ3v) is 5.05. The number of nitrogens with zero attached hydrogens (tertiary/aromatic N) is 2. The predicted molar refractivity (Wildman–Crippen MR) is 91.9 cm³/mol. The molecule has 1 N–H and O–H groups in total. The van der Waals surface area contributed by atoms with Crippen molar-refractivity contribution in [3.63, 3.8) is 0 Å². The van der Waals surface area contributed by atoms with Gasteiger partial charge in [0.2, 0.25) is 5.91 Å². The maximum absolute atomic E-state index is 13.4. The summed E-state index contributed by atoms with van der Waals surface area (Å²) in [5.74, 6) is 0.675. The number of ether oxygens (including phenoxy) is 1. The van der Waals surface area contributed by atoms with E-state index in [1.165, 1.54) is 12.1 Å². The van der Waals surface area contributed by atoms with Gasteiger partial charge in [0.1, 0.15) is 11.6 Å². The van der Waals surface area contributed by atoms with Crippen molar-refractivity contribution >= 4 is 11.6 Å². The van der Waals surface area contributed by atoms with E-state index in [0.717, 1.165) is 38.2 Å². The van der Waals surface area contributed by atoms with Gasteiger partial charge in [-0.2, -0.15) is 0 Å². The second-order valence-corrected chi connectivity index (χ2v) is 6.70. The van der Waals surface area contributed by atoms with Crippen molar-refractivity contribution in [2.75, 3.05) is 44.7 Å². The number of anilines is 1. The van der Waals surface area contributed by atoms with Crippen LogP contribution in [0.15, 0.2) is 18.2 Å². The van der Waals surface area contributed by atoms with Gasteiger partial charge in [-0.3, -0.25) is 4.79 Å². The van der Waals surface area contributed by atoms with Crippen molar-refractivity contribution in [1.29, 1.82) is 0 Å². The molecule has 0 aliphatic carbocycles. The second-order valence-electron chi connectivity index (χ2n) is 6.70. The van der Waals surface area contributed by atoms with E-state index in [2.05, 4.69) is 17.1 Å². The van der Waals surface area contributed by atoms with Crippen LogP contribution >= 0.6 is 0 Å². The van der Waals surface area contributed by atoms with Crippen LogP contribution in [0.1, 0.15) is 19.8 Å². The van der Waals surface area contributed by atoms with Gasteiger partial charge in [-0.25, -0.2) is 4.39 Å². The smallest absolute Gasteiger partial charge is 0.225 e. The molecular formula is C18H26FN3O2. The molecule has 2 heterocycles. The van der Waals surface area contributed by atoms with Gasteiger partial charge in [-0.1, -0.05) is 0 Å². The van der Waals surface area contributed by atoms with Gasteiger partial charge in [0.25, 0.3) is 0 Å². The van der Waals surface area contributed by atoms with E-state index in [4.69, 9.17) is 4.74 Å². The molecule has 24 heavy (non-hydrogen) atoms. The lowest BCUT2D eigenvalue weighted by molar-refractivity contribution is -0.137. The Morgan fingerprint density at radius 1 is 1.29 bits per heavy atom. The molecule has 2 atom stereocenters. The van der Waals surface area contributed by atoms with Crippen LogP contribution in [0.4, 0.5) is 10.1 Å². The number of carbonyl (C=O) groups is 1. The highest BCUT2D eigenvalue weighted by Gasteiger charge is 2.30. The standard InChI is InChI=1S/C18H26FN3O2/c1-13-11-14(5-6-20-13)18(23)22-9-7-21(8-10-22)16-4-3-15(19)12-17(16)24-2/h3-4,12-14,20H,5-11H2,1-2H3/t13-,14-/m0/s1. The Morgan fingerprint density at radius 2 is 2.04 bits per heavy atom. The number of piperazine rings is 1. The summed E-state index contributed by atoms with van der Waals surface area (Å²) in [6.45, 7) is 5.96. The number of halogens is 1. The van der Waals surface area contributed by atoms with Crippen LogP contribution < -0.4 is 15.0 Å². The number of benzene rings is 1. The lowest BCUT2D eigenvalue weighted by atomic mass is 9.92. The summed E-state index contributed by atoms with van der Waals surface area (Å²) in [5.41, 5.74) is 0.890. The number of piperidine rings is 1. The van der Waals surface area contributed by atoms with Crippen LogP contribution in [0.3, 0.4) is 0 Å². The topological polar surface area (TPSA) is 44.8 Å². The fourth-order valence-corrected chi connectivity index (χ4v) is 3.69. The average Bonchev–Trinajstić information content (AvgIpc) is 2.61. The number of methoxy groups -OCH3 is 1. The Morgan fingerprint density at radius 3 is 2.71 bits per heavy atom. The van der Waals surface area contributed by atoms with Crippen molar-refractivity contribution in [3.8, 4) is 5.75 Å². The molecule has 0 aromatic heterocycles. The van der Waals surface area contributed by atoms with Crippen LogP contribution in [0.2, 0.25) is 0 Å². The Labute approximate surface area is 142 Å². The molecule has 1 aromatic carbocycles. The van der Waals surface area contributed by atoms with Gasteiger partial charge in [-0.15, -0.1) is 0 Å². The third kappa shape index (κ3) is 3.64. The molecule has 2 saturated heterocycles. The Bertz CT molecular complexity index is 588. The lowest BCUT2D eigenvalue weighted by Crippen LogP contribution is -2.52. The van der Waals surface area contributed by atoms with Gasteiger partial charge in [-0.05, 0) is 38.4 Å². The lowest BCUT2D eigenvalue weighted by Gasteiger charge is -2.39. The van der Waals surface area contributed by atoms with Crippen LogP contribution in [0.5, 0.6) is 5.75 Å². The van der Waals surface area contributed by atoms with E-state index in [0.29, 0.717) is 24.9 Å². The molecule has 2 aliphatic rings. The number of hydrogen-bond acceptors (Lipinski definition) is 4. The first kappa shape index (κ1) is 17.0. The Kier molecular flexibility index (Phi) is 5.23. The van der Waals surface area contributed by atoms with Crippen molar-refractivity contribution in [1.82, 2.24) is 10.2 Å². The first-order chi connectivity index (χ1) is 11.6. The van der Waals surface area contributed by atoms with Crippen LogP contribution in [-0.2, 0) is 4.79 Å². The number of rotatable bonds is 3. The molecule has 2 aliphatic heterocycles. The van der Waals surface area contributed by atoms with Gasteiger partial charge < -0.3 is 19.9 Å². The maximum Gasteiger partial charge on any atom is 0.225 e. The molecule has 1 aromatic rings. The molecule has 2 fully saturated rings. The monoisotopic (exact) mass is 335 g/mol. The SMILES string of the molecule is COc1cc(F)ccc1N1CCN(C(=O)[C@H]2CCN[C@@H](C)C2)CC1. The summed E-state index contributed by atoms with van der Waals surface area (Å²) in [6.07, 6.45) is 1.85. The minimum absolute atomic E-state index is 0.146. The van der Waals surface area contributed by atoms with Crippen LogP contribution in [0, 0.1) is 11.7 Å². The Hall–Kier alpha value is -1.82. The number of carbonyl (C=O) groups excluding carboxylic acids is 1. The van der Waals surface area contributed by atoms with E-state index in [1.54, 1.807) is 13.2 Å². The minimum Gasteiger partial charge on any atom is -0.494 e. The quantitative estimate of drug-likeness (QED) is 0.916. The zero-order valence-electron chi connectivity index (χ0n) is 14.4. The number of amides is 1. The molecule has 3 rings (SSSR count). The predicted octanol–water partition coefficient (Wildman–Crippen LogP) is 1.87. The molecule has 0 unspecified atom stereocenters. The van der Waals surface area contributed by atoms with Crippen molar-refractivity contribution < 1.29 is 13.9 Å². The molecule has 0 bridgehead atoms. The molecule has 0 saturated carbocycles. The zero-order chi connectivity index (χ0) is 17.1. The van der Waals surface area contributed by atoms with E-state index >= 15 is 0 Å². The fraction of sp³-hybridized carbons (Fsp3) is 0.611. The van der Waals surface area contributed by atoms with E-state index < -0.39 is 0 Å². The summed E-state index contributed by atoms with van der Waals surface area (Å²) < 4.78 is 18.6. The van der Waals surface area contributed by atoms with Gasteiger partial charge in [0.15, 0.2) is 0 Å². The average molecular weight is 335 g/mol. The molecule has 6 heteroatoms. The Balaban J connectivity index is 1.60. The number of nitrogens with one attached hydrogen (secondary N) is 1. The molecule has 5 nitrogen and oxygen atoms in total. The maximum atomic E-state index is 13.4.